The second-order valence-corrected chi connectivity index (χ2v) is 4.12. The molecule has 0 bridgehead atoms. The Morgan fingerprint density at radius 3 is 2.06 bits per heavy atom. The normalized spacial score (nSPS) is 12.3. The van der Waals surface area contributed by atoms with Crippen LogP contribution in [0.1, 0.15) is 40.0 Å². The predicted molar refractivity (Wildman–Crippen MR) is 59.9 cm³/mol. The van der Waals surface area contributed by atoms with Crippen molar-refractivity contribution in [1.29, 1.82) is 0 Å². The molecule has 0 radical (unpaired) electrons. The van der Waals surface area contributed by atoms with Gasteiger partial charge in [0.15, 0.2) is 0 Å². The van der Waals surface area contributed by atoms with Crippen molar-refractivity contribution in [2.45, 2.75) is 40.0 Å². The van der Waals surface area contributed by atoms with E-state index in [9.17, 15) is 14.4 Å². The van der Waals surface area contributed by atoms with Gasteiger partial charge in [0.2, 0.25) is 0 Å². The molecule has 0 aromatic heterocycles. The van der Waals surface area contributed by atoms with Gasteiger partial charge in [-0.15, -0.1) is 0 Å². The highest BCUT2D eigenvalue weighted by Gasteiger charge is 2.29. The number of carbonyl (C=O) groups excluding carboxylic acids is 3. The van der Waals surface area contributed by atoms with Crippen LogP contribution in [0.15, 0.2) is 0 Å². The third-order valence-corrected chi connectivity index (χ3v) is 2.42. The molecule has 1 unspecified atom stereocenters. The van der Waals surface area contributed by atoms with Crippen LogP contribution in [0, 0.1) is 11.8 Å². The van der Waals surface area contributed by atoms with Crippen LogP contribution < -0.4 is 0 Å². The minimum atomic E-state index is -0.917. The van der Waals surface area contributed by atoms with E-state index < -0.39 is 11.9 Å². The van der Waals surface area contributed by atoms with Crippen molar-refractivity contribution in [1.82, 2.24) is 0 Å². The van der Waals surface area contributed by atoms with Crippen LogP contribution in [0.25, 0.3) is 0 Å². The molecule has 1 atom stereocenters. The first-order valence-electron chi connectivity index (χ1n) is 5.57. The number of hydrogen-bond donors (Lipinski definition) is 0. The Morgan fingerprint density at radius 2 is 1.69 bits per heavy atom. The molecule has 0 N–H and O–H groups in total. The van der Waals surface area contributed by atoms with Crippen LogP contribution in [0.5, 0.6) is 0 Å². The van der Waals surface area contributed by atoms with Crippen molar-refractivity contribution >= 4 is 17.5 Å². The Balaban J connectivity index is 4.62. The second kappa shape index (κ2) is 7.14. The van der Waals surface area contributed by atoms with Gasteiger partial charge in [0, 0.05) is 18.8 Å². The van der Waals surface area contributed by atoms with E-state index >= 15 is 0 Å². The second-order valence-electron chi connectivity index (χ2n) is 4.12. The Labute approximate surface area is 96.4 Å². The molecule has 4 nitrogen and oxygen atoms in total. The topological polar surface area (TPSA) is 60.4 Å². The van der Waals surface area contributed by atoms with Crippen LogP contribution in [-0.2, 0) is 19.1 Å². The zero-order chi connectivity index (χ0) is 12.7. The van der Waals surface area contributed by atoms with E-state index in [1.54, 1.807) is 13.8 Å². The van der Waals surface area contributed by atoms with Gasteiger partial charge in [-0.05, 0) is 6.42 Å². The molecule has 0 heterocycles. The first kappa shape index (κ1) is 14.8. The van der Waals surface area contributed by atoms with E-state index in [1.807, 2.05) is 6.92 Å². The number of hydrogen-bond acceptors (Lipinski definition) is 4. The van der Waals surface area contributed by atoms with Crippen molar-refractivity contribution in [3.63, 3.8) is 0 Å². The summed E-state index contributed by atoms with van der Waals surface area (Å²) in [6, 6.07) is 0. The summed E-state index contributed by atoms with van der Waals surface area (Å²) < 4.78 is 4.55. The van der Waals surface area contributed by atoms with Gasteiger partial charge >= 0.3 is 5.97 Å². The Kier molecular flexibility index (Phi) is 6.61. The molecule has 0 amide bonds. The van der Waals surface area contributed by atoms with Crippen molar-refractivity contribution in [2.75, 3.05) is 7.11 Å². The minimum absolute atomic E-state index is 0.0385. The van der Waals surface area contributed by atoms with Gasteiger partial charge in [0.25, 0.3) is 0 Å². The molecule has 0 aromatic carbocycles. The molecule has 4 heteroatoms. The summed E-state index contributed by atoms with van der Waals surface area (Å²) in [5.41, 5.74) is 0. The standard InChI is InChI=1S/C12H20O4/c1-5-6-10(13)9(12(15)16-4)7-11(14)8(2)3/h8-9H,5-7H2,1-4H3. The number of ether oxygens (including phenoxy) is 1. The SMILES string of the molecule is CCCC(=O)C(CC(=O)C(C)C)C(=O)OC. The fraction of sp³-hybridized carbons (Fsp3) is 0.750. The van der Waals surface area contributed by atoms with Gasteiger partial charge in [-0.2, -0.15) is 0 Å². The first-order valence-corrected chi connectivity index (χ1v) is 5.57. The molecule has 16 heavy (non-hydrogen) atoms. The maximum Gasteiger partial charge on any atom is 0.316 e. The Morgan fingerprint density at radius 1 is 1.12 bits per heavy atom. The van der Waals surface area contributed by atoms with Crippen LogP contribution in [0.4, 0.5) is 0 Å². The van der Waals surface area contributed by atoms with Gasteiger partial charge in [0.1, 0.15) is 17.5 Å². The smallest absolute Gasteiger partial charge is 0.316 e. The fourth-order valence-electron chi connectivity index (χ4n) is 1.33. The molecule has 0 fully saturated rings. The number of Topliss-reactive ketones (excluding diaryl/α,β-unsaturated/α-hetero) is 2. The maximum absolute atomic E-state index is 11.6. The highest BCUT2D eigenvalue weighted by atomic mass is 16.5. The first-order chi connectivity index (χ1) is 7.43. The largest absolute Gasteiger partial charge is 0.468 e. The lowest BCUT2D eigenvalue weighted by Crippen LogP contribution is -2.29. The molecule has 0 rings (SSSR count). The van der Waals surface area contributed by atoms with E-state index in [-0.39, 0.29) is 23.9 Å². The monoisotopic (exact) mass is 228 g/mol. The molecule has 0 saturated carbocycles. The van der Waals surface area contributed by atoms with Crippen molar-refractivity contribution in [3.05, 3.63) is 0 Å². The number of carbonyl (C=O) groups is 3. The summed E-state index contributed by atoms with van der Waals surface area (Å²) in [5.74, 6) is -1.97. The zero-order valence-electron chi connectivity index (χ0n) is 10.4. The lowest BCUT2D eigenvalue weighted by Gasteiger charge is -2.13. The van der Waals surface area contributed by atoms with Gasteiger partial charge < -0.3 is 4.74 Å². The lowest BCUT2D eigenvalue weighted by atomic mass is 9.91. The summed E-state index contributed by atoms with van der Waals surface area (Å²) in [4.78, 5) is 34.6. The number of methoxy groups -OCH3 is 1. The van der Waals surface area contributed by atoms with Crippen LogP contribution >= 0.6 is 0 Å². The number of rotatable bonds is 7. The molecule has 0 aliphatic rings. The quantitative estimate of drug-likeness (QED) is 0.492. The number of ketones is 2. The molecule has 0 spiro atoms. The van der Waals surface area contributed by atoms with Crippen molar-refractivity contribution < 1.29 is 19.1 Å². The summed E-state index contributed by atoms with van der Waals surface area (Å²) >= 11 is 0. The van der Waals surface area contributed by atoms with Crippen molar-refractivity contribution in [2.24, 2.45) is 11.8 Å². The van der Waals surface area contributed by atoms with Gasteiger partial charge in [-0.25, -0.2) is 0 Å². The van der Waals surface area contributed by atoms with Gasteiger partial charge in [-0.1, -0.05) is 20.8 Å². The average molecular weight is 228 g/mol. The van der Waals surface area contributed by atoms with Crippen LogP contribution in [0.2, 0.25) is 0 Å². The predicted octanol–water partition coefficient (Wildman–Crippen LogP) is 1.76. The fourth-order valence-corrected chi connectivity index (χ4v) is 1.33. The summed E-state index contributed by atoms with van der Waals surface area (Å²) in [6.45, 7) is 5.36. The Hall–Kier alpha value is -1.19. The van der Waals surface area contributed by atoms with Crippen molar-refractivity contribution in [3.8, 4) is 0 Å². The molecule has 92 valence electrons. The van der Waals surface area contributed by atoms with E-state index in [4.69, 9.17) is 0 Å². The molecule has 0 saturated heterocycles. The summed E-state index contributed by atoms with van der Waals surface area (Å²) in [6.07, 6.45) is 0.941. The van der Waals surface area contributed by atoms with Crippen LogP contribution in [-0.4, -0.2) is 24.6 Å². The van der Waals surface area contributed by atoms with Crippen LogP contribution in [0.3, 0.4) is 0 Å². The molecular weight excluding hydrogens is 208 g/mol. The highest BCUT2D eigenvalue weighted by Crippen LogP contribution is 2.14. The summed E-state index contributed by atoms with van der Waals surface area (Å²) in [7, 11) is 1.23. The molecule has 0 aliphatic carbocycles. The van der Waals surface area contributed by atoms with Gasteiger partial charge in [0.05, 0.1) is 7.11 Å². The molecular formula is C12H20O4. The van der Waals surface area contributed by atoms with E-state index in [0.29, 0.717) is 12.8 Å². The average Bonchev–Trinajstić information content (AvgIpc) is 2.24. The van der Waals surface area contributed by atoms with Gasteiger partial charge in [-0.3, -0.25) is 14.4 Å². The molecule has 0 aliphatic heterocycles. The number of esters is 1. The molecule has 0 aromatic rings. The van der Waals surface area contributed by atoms with E-state index in [1.165, 1.54) is 7.11 Å². The summed E-state index contributed by atoms with van der Waals surface area (Å²) in [5, 5.41) is 0. The Bertz CT molecular complexity index is 268. The minimum Gasteiger partial charge on any atom is -0.468 e. The third kappa shape index (κ3) is 4.55. The lowest BCUT2D eigenvalue weighted by molar-refractivity contribution is -0.151. The maximum atomic E-state index is 11.6. The highest BCUT2D eigenvalue weighted by molar-refractivity contribution is 6.02. The third-order valence-electron chi connectivity index (χ3n) is 2.42. The zero-order valence-corrected chi connectivity index (χ0v) is 10.4. The van der Waals surface area contributed by atoms with E-state index in [2.05, 4.69) is 4.74 Å². The van der Waals surface area contributed by atoms with E-state index in [0.717, 1.165) is 0 Å².